The summed E-state index contributed by atoms with van der Waals surface area (Å²) in [7, 11) is 0. The standard InChI is InChI=1S/C15H20FN3O3.2ClH/c1-2-3-4-14(18-7-5-17-6-8-18)12-9-11(19(21)22)10-13(16)15(12)20;;/h2,9-10,14,17,20H,1,3-8H2;2*1H/t14-;;/m1../s1. The van der Waals surface area contributed by atoms with E-state index in [1.54, 1.807) is 6.08 Å². The van der Waals surface area contributed by atoms with Crippen molar-refractivity contribution in [1.82, 2.24) is 10.2 Å². The zero-order chi connectivity index (χ0) is 16.1. The number of phenolic OH excluding ortho intramolecular Hbond substituents is 1. The summed E-state index contributed by atoms with van der Waals surface area (Å²) in [5, 5.41) is 24.2. The first-order valence-corrected chi connectivity index (χ1v) is 7.27. The third-order valence-electron chi connectivity index (χ3n) is 3.88. The van der Waals surface area contributed by atoms with Crippen LogP contribution in [0.2, 0.25) is 0 Å². The fraction of sp³-hybridized carbons (Fsp3) is 0.467. The number of nitro groups is 1. The predicted molar refractivity (Wildman–Crippen MR) is 95.8 cm³/mol. The van der Waals surface area contributed by atoms with Gasteiger partial charge in [-0.3, -0.25) is 15.0 Å². The minimum absolute atomic E-state index is 0. The van der Waals surface area contributed by atoms with Crippen LogP contribution in [0.1, 0.15) is 24.4 Å². The van der Waals surface area contributed by atoms with Crippen molar-refractivity contribution in [3.05, 3.63) is 46.3 Å². The van der Waals surface area contributed by atoms with Crippen LogP contribution in [-0.4, -0.2) is 41.1 Å². The molecule has 2 N–H and O–H groups in total. The molecule has 0 aliphatic carbocycles. The SMILES string of the molecule is C=CCC[C@H](c1cc([N+](=O)[O-])cc(F)c1O)N1CCNCC1.Cl.Cl. The molecule has 0 amide bonds. The number of rotatable bonds is 6. The van der Waals surface area contributed by atoms with Gasteiger partial charge in [0.2, 0.25) is 0 Å². The second kappa shape index (κ2) is 10.5. The van der Waals surface area contributed by atoms with Crippen LogP contribution in [0.25, 0.3) is 0 Å². The summed E-state index contributed by atoms with van der Waals surface area (Å²) in [6, 6.07) is 1.75. The van der Waals surface area contributed by atoms with Gasteiger partial charge in [0.1, 0.15) is 0 Å². The Bertz CT molecular complexity index is 569. The summed E-state index contributed by atoms with van der Waals surface area (Å²) in [6.07, 6.45) is 3.05. The first kappa shape index (κ1) is 22.6. The fourth-order valence-electron chi connectivity index (χ4n) is 2.77. The van der Waals surface area contributed by atoms with Crippen LogP contribution in [-0.2, 0) is 0 Å². The van der Waals surface area contributed by atoms with E-state index in [2.05, 4.69) is 16.8 Å². The molecule has 1 aliphatic heterocycles. The highest BCUT2D eigenvalue weighted by Crippen LogP contribution is 2.37. The van der Waals surface area contributed by atoms with E-state index in [-0.39, 0.29) is 42.1 Å². The molecule has 1 heterocycles. The molecule has 0 unspecified atom stereocenters. The van der Waals surface area contributed by atoms with Gasteiger partial charge in [-0.1, -0.05) is 6.08 Å². The number of non-ortho nitro benzene ring substituents is 1. The molecule has 0 radical (unpaired) electrons. The average molecular weight is 382 g/mol. The Morgan fingerprint density at radius 2 is 2.04 bits per heavy atom. The average Bonchev–Trinajstić information content (AvgIpc) is 2.52. The first-order chi connectivity index (χ1) is 10.5. The van der Waals surface area contributed by atoms with E-state index < -0.39 is 16.5 Å². The van der Waals surface area contributed by atoms with E-state index >= 15 is 0 Å². The van der Waals surface area contributed by atoms with Gasteiger partial charge in [-0.25, -0.2) is 4.39 Å². The molecular weight excluding hydrogens is 360 g/mol. The number of hydrogen-bond acceptors (Lipinski definition) is 5. The Morgan fingerprint density at radius 3 is 2.58 bits per heavy atom. The summed E-state index contributed by atoms with van der Waals surface area (Å²) in [4.78, 5) is 12.4. The van der Waals surface area contributed by atoms with E-state index in [9.17, 15) is 19.6 Å². The largest absolute Gasteiger partial charge is 0.505 e. The molecule has 6 nitrogen and oxygen atoms in total. The maximum atomic E-state index is 13.8. The molecule has 0 saturated carbocycles. The molecule has 0 spiro atoms. The van der Waals surface area contributed by atoms with E-state index in [4.69, 9.17) is 0 Å². The number of allylic oxidation sites excluding steroid dienone is 1. The molecule has 1 atom stereocenters. The lowest BCUT2D eigenvalue weighted by atomic mass is 9.97. The van der Waals surface area contributed by atoms with Crippen LogP contribution < -0.4 is 5.32 Å². The summed E-state index contributed by atoms with van der Waals surface area (Å²) in [5.41, 5.74) is -0.0699. The van der Waals surface area contributed by atoms with Gasteiger partial charge in [0.25, 0.3) is 5.69 Å². The van der Waals surface area contributed by atoms with E-state index in [1.165, 1.54) is 6.07 Å². The molecule has 0 aromatic heterocycles. The van der Waals surface area contributed by atoms with Crippen LogP contribution >= 0.6 is 24.8 Å². The van der Waals surface area contributed by atoms with E-state index in [1.807, 2.05) is 0 Å². The maximum Gasteiger partial charge on any atom is 0.272 e. The van der Waals surface area contributed by atoms with Crippen molar-refractivity contribution in [2.45, 2.75) is 18.9 Å². The Morgan fingerprint density at radius 1 is 1.42 bits per heavy atom. The van der Waals surface area contributed by atoms with Crippen molar-refractivity contribution < 1.29 is 14.4 Å². The lowest BCUT2D eigenvalue weighted by Crippen LogP contribution is -2.45. The predicted octanol–water partition coefficient (Wildman–Crippen LogP) is 3.20. The van der Waals surface area contributed by atoms with Crippen LogP contribution in [0.15, 0.2) is 24.8 Å². The normalized spacial score (nSPS) is 15.7. The van der Waals surface area contributed by atoms with Gasteiger partial charge in [-0.15, -0.1) is 31.4 Å². The van der Waals surface area contributed by atoms with Gasteiger partial charge in [0, 0.05) is 43.9 Å². The monoisotopic (exact) mass is 381 g/mol. The van der Waals surface area contributed by atoms with Gasteiger partial charge in [0.05, 0.1) is 11.0 Å². The second-order valence-corrected chi connectivity index (χ2v) is 5.29. The molecule has 24 heavy (non-hydrogen) atoms. The van der Waals surface area contributed by atoms with Gasteiger partial charge in [-0.2, -0.15) is 0 Å². The minimum atomic E-state index is -0.956. The Kier molecular flexibility index (Phi) is 9.84. The number of halogens is 3. The highest BCUT2D eigenvalue weighted by Gasteiger charge is 2.27. The summed E-state index contributed by atoms with van der Waals surface area (Å²) in [6.45, 7) is 6.75. The lowest BCUT2D eigenvalue weighted by molar-refractivity contribution is -0.385. The number of hydrogen-bond donors (Lipinski definition) is 2. The number of nitro benzene ring substituents is 1. The summed E-state index contributed by atoms with van der Waals surface area (Å²) in [5.74, 6) is -1.46. The summed E-state index contributed by atoms with van der Waals surface area (Å²) < 4.78 is 13.8. The molecule has 1 saturated heterocycles. The quantitative estimate of drug-likeness (QED) is 0.449. The third-order valence-corrected chi connectivity index (χ3v) is 3.88. The van der Waals surface area contributed by atoms with Gasteiger partial charge < -0.3 is 10.4 Å². The van der Waals surface area contributed by atoms with Gasteiger partial charge >= 0.3 is 0 Å². The molecule has 136 valence electrons. The van der Waals surface area contributed by atoms with Crippen LogP contribution in [0.4, 0.5) is 10.1 Å². The van der Waals surface area contributed by atoms with Crippen molar-refractivity contribution in [2.75, 3.05) is 26.2 Å². The Labute approximate surface area is 152 Å². The van der Waals surface area contributed by atoms with Crippen LogP contribution in [0.5, 0.6) is 5.75 Å². The third kappa shape index (κ3) is 5.31. The number of aromatic hydroxyl groups is 1. The van der Waals surface area contributed by atoms with E-state index in [0.29, 0.717) is 12.8 Å². The van der Waals surface area contributed by atoms with Crippen molar-refractivity contribution in [3.63, 3.8) is 0 Å². The molecular formula is C15H22Cl2FN3O3. The molecule has 1 aromatic rings. The topological polar surface area (TPSA) is 78.6 Å². The van der Waals surface area contributed by atoms with E-state index in [0.717, 1.165) is 32.2 Å². The Hall–Kier alpha value is -1.41. The lowest BCUT2D eigenvalue weighted by Gasteiger charge is -2.35. The van der Waals surface area contributed by atoms with Crippen LogP contribution in [0, 0.1) is 15.9 Å². The minimum Gasteiger partial charge on any atom is -0.505 e. The second-order valence-electron chi connectivity index (χ2n) is 5.29. The van der Waals surface area contributed by atoms with Crippen molar-refractivity contribution in [1.29, 1.82) is 0 Å². The van der Waals surface area contributed by atoms with Crippen molar-refractivity contribution >= 4 is 30.5 Å². The molecule has 1 aromatic carbocycles. The smallest absolute Gasteiger partial charge is 0.272 e. The van der Waals surface area contributed by atoms with Crippen LogP contribution in [0.3, 0.4) is 0 Å². The zero-order valence-corrected chi connectivity index (χ0v) is 14.7. The Balaban J connectivity index is 0.00000264. The number of phenols is 1. The molecule has 1 aliphatic rings. The number of piperazine rings is 1. The van der Waals surface area contributed by atoms with Crippen molar-refractivity contribution in [3.8, 4) is 5.75 Å². The molecule has 0 bridgehead atoms. The molecule has 1 fully saturated rings. The highest BCUT2D eigenvalue weighted by atomic mass is 35.5. The number of benzene rings is 1. The van der Waals surface area contributed by atoms with Gasteiger partial charge in [0.15, 0.2) is 11.6 Å². The number of nitrogens with one attached hydrogen (secondary N) is 1. The maximum absolute atomic E-state index is 13.8. The fourth-order valence-corrected chi connectivity index (χ4v) is 2.77. The van der Waals surface area contributed by atoms with Gasteiger partial charge in [-0.05, 0) is 12.8 Å². The number of nitrogens with zero attached hydrogens (tertiary/aromatic N) is 2. The first-order valence-electron chi connectivity index (χ1n) is 7.27. The molecule has 9 heteroatoms. The van der Waals surface area contributed by atoms with Crippen molar-refractivity contribution in [2.24, 2.45) is 0 Å². The highest BCUT2D eigenvalue weighted by molar-refractivity contribution is 5.85. The summed E-state index contributed by atoms with van der Waals surface area (Å²) >= 11 is 0. The zero-order valence-electron chi connectivity index (χ0n) is 13.1. The molecule has 2 rings (SSSR count).